The molecule has 3 rings (SSSR count). The van der Waals surface area contributed by atoms with Crippen molar-refractivity contribution < 1.29 is 9.21 Å². The highest BCUT2D eigenvalue weighted by molar-refractivity contribution is 8.00. The maximum Gasteiger partial charge on any atom is 0.277 e. The maximum atomic E-state index is 12.4. The van der Waals surface area contributed by atoms with Crippen molar-refractivity contribution in [1.29, 1.82) is 0 Å². The van der Waals surface area contributed by atoms with E-state index in [9.17, 15) is 4.79 Å². The third-order valence-electron chi connectivity index (χ3n) is 3.28. The van der Waals surface area contributed by atoms with Crippen LogP contribution in [0.25, 0.3) is 11.5 Å². The molecule has 0 aliphatic rings. The lowest BCUT2D eigenvalue weighted by Gasteiger charge is -2.12. The molecule has 1 amide bonds. The Bertz CT molecular complexity index is 866. The van der Waals surface area contributed by atoms with Crippen LogP contribution in [0, 0.1) is 0 Å². The molecule has 0 saturated heterocycles. The summed E-state index contributed by atoms with van der Waals surface area (Å²) in [6.07, 6.45) is 0. The molecule has 0 aliphatic carbocycles. The first-order valence-corrected chi connectivity index (χ1v) is 8.98. The summed E-state index contributed by atoms with van der Waals surface area (Å²) < 4.78 is 5.60. The van der Waals surface area contributed by atoms with Crippen molar-refractivity contribution in [3.63, 3.8) is 0 Å². The van der Waals surface area contributed by atoms with Gasteiger partial charge in [0.05, 0.1) is 21.0 Å². The van der Waals surface area contributed by atoms with E-state index < -0.39 is 5.25 Å². The predicted octanol–water partition coefficient (Wildman–Crippen LogP) is 5.16. The number of rotatable bonds is 5. The molecule has 2 aromatic carbocycles. The number of thioether (sulfide) groups is 1. The van der Waals surface area contributed by atoms with Gasteiger partial charge in [-0.1, -0.05) is 59.2 Å². The largest absolute Gasteiger partial charge is 0.411 e. The first-order valence-electron chi connectivity index (χ1n) is 7.35. The first-order chi connectivity index (χ1) is 12.0. The molecular weight excluding hydrogens is 381 g/mol. The number of carbonyl (C=O) groups excluding carboxylic acids is 1. The predicted molar refractivity (Wildman–Crippen MR) is 100 cm³/mol. The molecule has 5 nitrogen and oxygen atoms in total. The normalized spacial score (nSPS) is 12.0. The highest BCUT2D eigenvalue weighted by Gasteiger charge is 2.20. The molecule has 0 aliphatic heterocycles. The summed E-state index contributed by atoms with van der Waals surface area (Å²) in [5.41, 5.74) is 1.21. The SMILES string of the molecule is CC(Sc1nnc(-c2ccccc2)o1)C(=O)Nc1c(Cl)cccc1Cl. The topological polar surface area (TPSA) is 68.0 Å². The molecule has 3 aromatic rings. The molecule has 0 radical (unpaired) electrons. The van der Waals surface area contributed by atoms with Gasteiger partial charge in [0.25, 0.3) is 5.22 Å². The third kappa shape index (κ3) is 4.34. The Morgan fingerprint density at radius 2 is 1.76 bits per heavy atom. The van der Waals surface area contributed by atoms with Gasteiger partial charge >= 0.3 is 0 Å². The first kappa shape index (κ1) is 17.8. The van der Waals surface area contributed by atoms with Crippen molar-refractivity contribution in [3.05, 3.63) is 58.6 Å². The standard InChI is InChI=1S/C17H13Cl2N3O2S/c1-10(15(23)20-14-12(18)8-5-9-13(14)19)25-17-22-21-16(24-17)11-6-3-2-4-7-11/h2-10H,1H3,(H,20,23). The second kappa shape index (κ2) is 7.91. The molecule has 128 valence electrons. The molecule has 25 heavy (non-hydrogen) atoms. The van der Waals surface area contributed by atoms with Gasteiger partial charge in [0.15, 0.2) is 0 Å². The van der Waals surface area contributed by atoms with Gasteiger partial charge in [0, 0.05) is 5.56 Å². The van der Waals surface area contributed by atoms with Gasteiger partial charge in [-0.3, -0.25) is 4.79 Å². The number of para-hydroxylation sites is 1. The zero-order chi connectivity index (χ0) is 17.8. The number of hydrogen-bond donors (Lipinski definition) is 1. The molecule has 8 heteroatoms. The Hall–Kier alpha value is -2.02. The Balaban J connectivity index is 1.67. The molecule has 1 N–H and O–H groups in total. The Morgan fingerprint density at radius 1 is 1.08 bits per heavy atom. The molecule has 1 atom stereocenters. The number of anilines is 1. The van der Waals surface area contributed by atoms with Crippen LogP contribution in [0.5, 0.6) is 0 Å². The summed E-state index contributed by atoms with van der Waals surface area (Å²) in [6.45, 7) is 1.73. The second-order valence-corrected chi connectivity index (χ2v) is 7.19. The van der Waals surface area contributed by atoms with Crippen molar-refractivity contribution in [2.24, 2.45) is 0 Å². The summed E-state index contributed by atoms with van der Waals surface area (Å²) in [5.74, 6) is 0.143. The van der Waals surface area contributed by atoms with Crippen LogP contribution in [0.15, 0.2) is 58.2 Å². The smallest absolute Gasteiger partial charge is 0.277 e. The number of amides is 1. The van der Waals surface area contributed by atoms with Crippen molar-refractivity contribution in [1.82, 2.24) is 10.2 Å². The third-order valence-corrected chi connectivity index (χ3v) is 4.85. The van der Waals surface area contributed by atoms with Crippen molar-refractivity contribution in [3.8, 4) is 11.5 Å². The molecule has 1 heterocycles. The minimum atomic E-state index is -0.476. The molecular formula is C17H13Cl2N3O2S. The van der Waals surface area contributed by atoms with E-state index in [1.807, 2.05) is 30.3 Å². The molecule has 0 spiro atoms. The fourth-order valence-corrected chi connectivity index (χ4v) is 3.18. The van der Waals surface area contributed by atoms with Crippen LogP contribution in [0.1, 0.15) is 6.92 Å². The fraction of sp³-hybridized carbons (Fsp3) is 0.118. The average Bonchev–Trinajstić information content (AvgIpc) is 3.07. The summed E-state index contributed by atoms with van der Waals surface area (Å²) in [6, 6.07) is 14.4. The van der Waals surface area contributed by atoms with Gasteiger partial charge in [-0.2, -0.15) is 0 Å². The summed E-state index contributed by atoms with van der Waals surface area (Å²) >= 11 is 13.3. The second-order valence-electron chi connectivity index (χ2n) is 5.09. The van der Waals surface area contributed by atoms with Crippen molar-refractivity contribution in [2.45, 2.75) is 17.4 Å². The zero-order valence-electron chi connectivity index (χ0n) is 13.1. The van der Waals surface area contributed by atoms with Crippen LogP contribution in [0.3, 0.4) is 0 Å². The molecule has 1 aromatic heterocycles. The number of carbonyl (C=O) groups is 1. The van der Waals surface area contributed by atoms with E-state index >= 15 is 0 Å². The van der Waals surface area contributed by atoms with Crippen LogP contribution >= 0.6 is 35.0 Å². The Labute approximate surface area is 158 Å². The summed E-state index contributed by atoms with van der Waals surface area (Å²) in [5, 5.41) is 11.3. The monoisotopic (exact) mass is 393 g/mol. The van der Waals surface area contributed by atoms with E-state index in [4.69, 9.17) is 27.6 Å². The van der Waals surface area contributed by atoms with Gasteiger partial charge in [-0.25, -0.2) is 0 Å². The maximum absolute atomic E-state index is 12.4. The summed E-state index contributed by atoms with van der Waals surface area (Å²) in [7, 11) is 0. The van der Waals surface area contributed by atoms with Gasteiger partial charge < -0.3 is 9.73 Å². The average molecular weight is 394 g/mol. The number of aromatic nitrogens is 2. The van der Waals surface area contributed by atoms with Crippen LogP contribution in [0.4, 0.5) is 5.69 Å². The number of benzene rings is 2. The van der Waals surface area contributed by atoms with Crippen molar-refractivity contribution in [2.75, 3.05) is 5.32 Å². The van der Waals surface area contributed by atoms with Gasteiger partial charge in [0.1, 0.15) is 0 Å². The van der Waals surface area contributed by atoms with Gasteiger partial charge in [-0.15, -0.1) is 10.2 Å². The van der Waals surface area contributed by atoms with E-state index in [0.29, 0.717) is 26.8 Å². The van der Waals surface area contributed by atoms with E-state index in [0.717, 1.165) is 17.3 Å². The highest BCUT2D eigenvalue weighted by atomic mass is 35.5. The van der Waals surface area contributed by atoms with Gasteiger partial charge in [0.2, 0.25) is 11.8 Å². The lowest BCUT2D eigenvalue weighted by Crippen LogP contribution is -2.22. The van der Waals surface area contributed by atoms with Gasteiger partial charge in [-0.05, 0) is 31.2 Å². The molecule has 1 unspecified atom stereocenters. The number of hydrogen-bond acceptors (Lipinski definition) is 5. The van der Waals surface area contributed by atoms with E-state index in [1.54, 1.807) is 25.1 Å². The van der Waals surface area contributed by atoms with Crippen LogP contribution < -0.4 is 5.32 Å². The van der Waals surface area contributed by atoms with Crippen LogP contribution in [-0.2, 0) is 4.79 Å². The number of halogens is 2. The summed E-state index contributed by atoms with van der Waals surface area (Å²) in [4.78, 5) is 12.4. The minimum Gasteiger partial charge on any atom is -0.411 e. The minimum absolute atomic E-state index is 0.264. The van der Waals surface area contributed by atoms with E-state index in [1.165, 1.54) is 0 Å². The molecule has 0 bridgehead atoms. The Kier molecular flexibility index (Phi) is 5.63. The molecule has 0 saturated carbocycles. The van der Waals surface area contributed by atoms with Crippen LogP contribution in [0.2, 0.25) is 10.0 Å². The van der Waals surface area contributed by atoms with E-state index in [2.05, 4.69) is 15.5 Å². The van der Waals surface area contributed by atoms with Crippen molar-refractivity contribution >= 4 is 46.6 Å². The lowest BCUT2D eigenvalue weighted by atomic mass is 10.2. The van der Waals surface area contributed by atoms with Crippen LogP contribution in [-0.4, -0.2) is 21.4 Å². The lowest BCUT2D eigenvalue weighted by molar-refractivity contribution is -0.115. The number of nitrogens with one attached hydrogen (secondary N) is 1. The highest BCUT2D eigenvalue weighted by Crippen LogP contribution is 2.31. The Morgan fingerprint density at radius 3 is 2.44 bits per heavy atom. The quantitative estimate of drug-likeness (QED) is 0.606. The van der Waals surface area contributed by atoms with E-state index in [-0.39, 0.29) is 5.91 Å². The zero-order valence-corrected chi connectivity index (χ0v) is 15.4. The molecule has 0 fully saturated rings. The number of nitrogens with zero attached hydrogens (tertiary/aromatic N) is 2. The fourth-order valence-electron chi connectivity index (χ4n) is 2.00.